The molecule has 14 heteroatoms. The molecular weight excluding hydrogens is 660 g/mol. The van der Waals surface area contributed by atoms with Crippen LogP contribution in [0.25, 0.3) is 11.3 Å². The third kappa shape index (κ3) is 8.62. The van der Waals surface area contributed by atoms with Crippen LogP contribution in [0.1, 0.15) is 68.7 Å². The van der Waals surface area contributed by atoms with Crippen molar-refractivity contribution in [2.75, 3.05) is 58.1 Å². The number of fused-ring (bicyclic) bond motifs is 1. The molecule has 49 heavy (non-hydrogen) atoms. The first-order chi connectivity index (χ1) is 23.5. The highest BCUT2D eigenvalue weighted by Gasteiger charge is 2.38. The fourth-order valence-electron chi connectivity index (χ4n) is 7.80. The monoisotopic (exact) mass is 708 g/mol. The van der Waals surface area contributed by atoms with E-state index in [1.54, 1.807) is 20.5 Å². The predicted molar refractivity (Wildman–Crippen MR) is 180 cm³/mol. The Balaban J connectivity index is 1.28. The summed E-state index contributed by atoms with van der Waals surface area (Å²) in [6, 6.07) is 3.59. The number of alkyl halides is 4. The minimum absolute atomic E-state index is 0.102. The average molecular weight is 709 g/mol. The number of benzene rings is 1. The van der Waals surface area contributed by atoms with Crippen LogP contribution in [-0.2, 0) is 35.3 Å². The van der Waals surface area contributed by atoms with Crippen molar-refractivity contribution in [2.24, 2.45) is 0 Å². The van der Waals surface area contributed by atoms with Crippen molar-refractivity contribution in [3.8, 4) is 11.3 Å². The van der Waals surface area contributed by atoms with Gasteiger partial charge in [-0.15, -0.1) is 11.8 Å². The second-order valence-corrected chi connectivity index (χ2v) is 15.1. The van der Waals surface area contributed by atoms with Gasteiger partial charge in [0.1, 0.15) is 12.2 Å². The molecule has 9 nitrogen and oxygen atoms in total. The Hall–Kier alpha value is -2.68. The normalized spacial score (nSPS) is 22.0. The van der Waals surface area contributed by atoms with Crippen LogP contribution >= 0.6 is 11.8 Å². The molecule has 4 aliphatic rings. The molecule has 0 spiro atoms. The van der Waals surface area contributed by atoms with Crippen LogP contribution in [0.4, 0.5) is 17.6 Å². The Morgan fingerprint density at radius 2 is 1.73 bits per heavy atom. The van der Waals surface area contributed by atoms with Crippen molar-refractivity contribution in [1.29, 1.82) is 0 Å². The van der Waals surface area contributed by atoms with Crippen LogP contribution in [0.15, 0.2) is 23.1 Å². The molecule has 3 saturated heterocycles. The number of aliphatic hydroxyl groups is 1. The zero-order chi connectivity index (χ0) is 34.7. The Kier molecular flexibility index (Phi) is 11.6. The summed E-state index contributed by atoms with van der Waals surface area (Å²) >= 11 is 1.14. The zero-order valence-corrected chi connectivity index (χ0v) is 29.1. The highest BCUT2D eigenvalue weighted by Crippen LogP contribution is 2.40. The van der Waals surface area contributed by atoms with Gasteiger partial charge in [0, 0.05) is 86.6 Å². The van der Waals surface area contributed by atoms with E-state index in [9.17, 15) is 32.3 Å². The maximum absolute atomic E-state index is 14.2. The number of piperidine rings is 2. The first kappa shape index (κ1) is 36.1. The van der Waals surface area contributed by atoms with E-state index in [0.717, 1.165) is 61.4 Å². The van der Waals surface area contributed by atoms with E-state index in [1.807, 2.05) is 0 Å². The van der Waals surface area contributed by atoms with Crippen LogP contribution in [0.3, 0.4) is 0 Å². The van der Waals surface area contributed by atoms with Crippen molar-refractivity contribution in [3.63, 3.8) is 0 Å². The Morgan fingerprint density at radius 3 is 2.45 bits per heavy atom. The van der Waals surface area contributed by atoms with Gasteiger partial charge in [0.15, 0.2) is 0 Å². The maximum Gasteiger partial charge on any atom is 0.417 e. The van der Waals surface area contributed by atoms with Gasteiger partial charge in [0.25, 0.3) is 0 Å². The molecule has 0 aliphatic carbocycles. The molecule has 270 valence electrons. The molecule has 1 unspecified atom stereocenters. The number of nitrogens with zero attached hydrogens (tertiary/aromatic N) is 6. The molecule has 5 heterocycles. The average Bonchev–Trinajstić information content (AvgIpc) is 3.71. The van der Waals surface area contributed by atoms with E-state index in [0.29, 0.717) is 82.0 Å². The lowest BCUT2D eigenvalue weighted by Crippen LogP contribution is -2.48. The topological polar surface area (TPSA) is 85.2 Å². The van der Waals surface area contributed by atoms with E-state index < -0.39 is 30.1 Å². The first-order valence-electron chi connectivity index (χ1n) is 17.7. The summed E-state index contributed by atoms with van der Waals surface area (Å²) in [5.41, 5.74) is 1.96. The molecule has 2 aromatic rings. The van der Waals surface area contributed by atoms with Crippen LogP contribution in [-0.4, -0.2) is 123 Å². The number of hydrogen-bond acceptors (Lipinski definition) is 7. The SMILES string of the molecule is CC(=O)N1CCC[C@H]1C(=O)N1CCc2c(c(-c3ccc(C(F)(F)F)c(SCCN4CCC(F)CC4)c3)nn2CC(O)CN2CCCCC2)C1. The highest BCUT2D eigenvalue weighted by molar-refractivity contribution is 7.99. The quantitative estimate of drug-likeness (QED) is 0.280. The van der Waals surface area contributed by atoms with Gasteiger partial charge >= 0.3 is 6.18 Å². The lowest BCUT2D eigenvalue weighted by molar-refractivity contribution is -0.143. The molecule has 6 rings (SSSR count). The maximum atomic E-state index is 14.2. The summed E-state index contributed by atoms with van der Waals surface area (Å²) < 4.78 is 58.0. The van der Waals surface area contributed by atoms with Crippen LogP contribution < -0.4 is 0 Å². The minimum Gasteiger partial charge on any atom is -0.390 e. The van der Waals surface area contributed by atoms with Gasteiger partial charge in [-0.1, -0.05) is 12.5 Å². The lowest BCUT2D eigenvalue weighted by Gasteiger charge is -2.33. The van der Waals surface area contributed by atoms with E-state index in [4.69, 9.17) is 5.10 Å². The lowest BCUT2D eigenvalue weighted by atomic mass is 9.99. The molecule has 0 radical (unpaired) electrons. The number of amides is 2. The van der Waals surface area contributed by atoms with Crippen molar-refractivity contribution in [2.45, 2.75) is 101 Å². The molecular formula is C35H48F4N6O3S. The third-order valence-corrected chi connectivity index (χ3v) is 11.5. The van der Waals surface area contributed by atoms with Gasteiger partial charge in [-0.05, 0) is 63.7 Å². The second-order valence-electron chi connectivity index (χ2n) is 13.9. The molecule has 4 aliphatic heterocycles. The van der Waals surface area contributed by atoms with Gasteiger partial charge in [0.2, 0.25) is 11.8 Å². The number of thioether (sulfide) groups is 1. The fourth-order valence-corrected chi connectivity index (χ4v) is 8.92. The molecule has 0 saturated carbocycles. The predicted octanol–water partition coefficient (Wildman–Crippen LogP) is 4.84. The molecule has 3 fully saturated rings. The van der Waals surface area contributed by atoms with Crippen molar-refractivity contribution >= 4 is 23.6 Å². The number of carbonyl (C=O) groups is 2. The number of aromatic nitrogens is 2. The number of carbonyl (C=O) groups excluding carboxylic acids is 2. The van der Waals surface area contributed by atoms with Crippen molar-refractivity contribution in [3.05, 3.63) is 35.0 Å². The minimum atomic E-state index is -4.54. The van der Waals surface area contributed by atoms with E-state index in [-0.39, 0.29) is 29.8 Å². The number of aliphatic hydroxyl groups excluding tert-OH is 1. The Morgan fingerprint density at radius 1 is 0.980 bits per heavy atom. The van der Waals surface area contributed by atoms with Gasteiger partial charge in [-0.25, -0.2) is 4.39 Å². The van der Waals surface area contributed by atoms with Gasteiger partial charge in [0.05, 0.1) is 23.9 Å². The summed E-state index contributed by atoms with van der Waals surface area (Å²) in [6.45, 7) is 7.07. The van der Waals surface area contributed by atoms with E-state index in [2.05, 4.69) is 9.80 Å². The summed E-state index contributed by atoms with van der Waals surface area (Å²) in [5.74, 6) is 0.170. The van der Waals surface area contributed by atoms with Gasteiger partial charge in [-0.3, -0.25) is 14.3 Å². The molecule has 1 aromatic carbocycles. The molecule has 1 aromatic heterocycles. The summed E-state index contributed by atoms with van der Waals surface area (Å²) in [5, 5.41) is 16.1. The Bertz CT molecular complexity index is 1470. The number of hydrogen-bond donors (Lipinski definition) is 1. The Labute approximate surface area is 290 Å². The highest BCUT2D eigenvalue weighted by atomic mass is 32.2. The molecule has 2 amide bonds. The van der Waals surface area contributed by atoms with Crippen LogP contribution in [0.2, 0.25) is 0 Å². The number of β-amino-alcohol motifs (C(OH)–C–C–N with tert-alkyl or cyclic N) is 1. The standard InChI is InChI=1S/C35H48F4N6O3S/c1-24(46)44-14-5-6-31(44)34(48)43-17-11-30-28(23-43)33(40-45(30)22-27(47)21-42-12-3-2-4-13-42)25-7-8-29(35(37,38)39)32(20-25)49-19-18-41-15-9-26(36)10-16-41/h7-8,20,26-27,31,47H,2-6,9-19,21-23H2,1H3/t27?,31-/m0/s1. The van der Waals surface area contributed by atoms with Crippen molar-refractivity contribution < 1.29 is 32.3 Å². The van der Waals surface area contributed by atoms with E-state index >= 15 is 0 Å². The van der Waals surface area contributed by atoms with Crippen LogP contribution in [0, 0.1) is 0 Å². The van der Waals surface area contributed by atoms with Gasteiger partial charge < -0.3 is 24.7 Å². The molecule has 2 atom stereocenters. The van der Waals surface area contributed by atoms with Gasteiger partial charge in [-0.2, -0.15) is 18.3 Å². The number of likely N-dealkylation sites (tertiary alicyclic amines) is 3. The third-order valence-electron chi connectivity index (χ3n) is 10.4. The number of halogens is 4. The summed E-state index contributed by atoms with van der Waals surface area (Å²) in [7, 11) is 0. The second kappa shape index (κ2) is 15.7. The largest absolute Gasteiger partial charge is 0.417 e. The fraction of sp³-hybridized carbons (Fsp3) is 0.686. The van der Waals surface area contributed by atoms with E-state index in [1.165, 1.54) is 19.4 Å². The smallest absolute Gasteiger partial charge is 0.390 e. The molecule has 0 bridgehead atoms. The van der Waals surface area contributed by atoms with Crippen LogP contribution in [0.5, 0.6) is 0 Å². The summed E-state index contributed by atoms with van der Waals surface area (Å²) in [6.07, 6.45) is 0.0818. The first-order valence-corrected chi connectivity index (χ1v) is 18.7. The molecule has 1 N–H and O–H groups in total. The number of rotatable bonds is 10. The zero-order valence-electron chi connectivity index (χ0n) is 28.3. The summed E-state index contributed by atoms with van der Waals surface area (Å²) in [4.78, 5) is 33.8. The van der Waals surface area contributed by atoms with Crippen molar-refractivity contribution in [1.82, 2.24) is 29.4 Å².